The Morgan fingerprint density at radius 1 is 0.293 bits per heavy atom. The van der Waals surface area contributed by atoms with Gasteiger partial charge in [-0.05, 0) is 94.0 Å². The van der Waals surface area contributed by atoms with Gasteiger partial charge in [0.1, 0.15) is 22.3 Å². The molecule has 3 nitrogen and oxygen atoms in total. The van der Waals surface area contributed by atoms with Crippen LogP contribution >= 0.6 is 11.3 Å². The molecule has 0 saturated carbocycles. The molecule has 0 unspecified atom stereocenters. The van der Waals surface area contributed by atoms with E-state index in [9.17, 15) is 0 Å². The lowest BCUT2D eigenvalue weighted by molar-refractivity contribution is 0.669. The Hall–Kier alpha value is -7.40. The van der Waals surface area contributed by atoms with Crippen molar-refractivity contribution in [2.24, 2.45) is 0 Å². The van der Waals surface area contributed by atoms with Gasteiger partial charge in [-0.1, -0.05) is 127 Å². The number of para-hydroxylation sites is 2. The molecule has 0 atom stereocenters. The van der Waals surface area contributed by atoms with Crippen LogP contribution in [0.2, 0.25) is 0 Å². The number of thiophene rings is 1. The Bertz CT molecular complexity index is 3420. The van der Waals surface area contributed by atoms with Crippen molar-refractivity contribution in [3.63, 3.8) is 0 Å². The van der Waals surface area contributed by atoms with Gasteiger partial charge in [-0.15, -0.1) is 11.3 Å². The number of anilines is 3. The van der Waals surface area contributed by atoms with Crippen LogP contribution in [0.25, 0.3) is 97.4 Å². The highest BCUT2D eigenvalue weighted by Crippen LogP contribution is 2.44. The first-order valence-corrected chi connectivity index (χ1v) is 20.4. The molecule has 0 aliphatic heterocycles. The smallest absolute Gasteiger partial charge is 0.137 e. The molecule has 0 fully saturated rings. The fourth-order valence-electron chi connectivity index (χ4n) is 8.78. The molecule has 3 aromatic heterocycles. The van der Waals surface area contributed by atoms with Crippen molar-refractivity contribution in [3.8, 4) is 33.4 Å². The number of nitrogens with zero attached hydrogens (tertiary/aromatic N) is 1. The summed E-state index contributed by atoms with van der Waals surface area (Å²) in [5.41, 5.74) is 13.7. The van der Waals surface area contributed by atoms with Crippen LogP contribution in [0.1, 0.15) is 0 Å². The Morgan fingerprint density at radius 2 is 0.724 bits per heavy atom. The predicted molar refractivity (Wildman–Crippen MR) is 245 cm³/mol. The number of hydrogen-bond donors (Lipinski definition) is 0. The summed E-state index contributed by atoms with van der Waals surface area (Å²) in [5.74, 6) is 0. The van der Waals surface area contributed by atoms with Crippen molar-refractivity contribution in [2.45, 2.75) is 0 Å². The fraction of sp³-hybridized carbons (Fsp3) is 0. The third-order valence-electron chi connectivity index (χ3n) is 11.5. The van der Waals surface area contributed by atoms with Gasteiger partial charge in [-0.25, -0.2) is 0 Å². The number of hydrogen-bond acceptors (Lipinski definition) is 4. The van der Waals surface area contributed by atoms with Crippen LogP contribution in [-0.4, -0.2) is 0 Å². The molecule has 3 heterocycles. The summed E-state index contributed by atoms with van der Waals surface area (Å²) in [7, 11) is 0. The van der Waals surface area contributed by atoms with Crippen molar-refractivity contribution in [2.75, 3.05) is 4.90 Å². The van der Waals surface area contributed by atoms with Crippen molar-refractivity contribution < 1.29 is 8.83 Å². The van der Waals surface area contributed by atoms with Crippen LogP contribution in [0.15, 0.2) is 209 Å². The maximum Gasteiger partial charge on any atom is 0.137 e. The Morgan fingerprint density at radius 3 is 1.34 bits per heavy atom. The zero-order chi connectivity index (χ0) is 38.2. The lowest BCUT2D eigenvalue weighted by atomic mass is 9.89. The first-order chi connectivity index (χ1) is 28.7. The van der Waals surface area contributed by atoms with Crippen molar-refractivity contribution >= 4 is 92.4 Å². The second-order valence-electron chi connectivity index (χ2n) is 14.8. The van der Waals surface area contributed by atoms with E-state index in [0.29, 0.717) is 0 Å². The van der Waals surface area contributed by atoms with Gasteiger partial charge in [-0.2, -0.15) is 0 Å². The van der Waals surface area contributed by atoms with Crippen LogP contribution in [0.3, 0.4) is 0 Å². The second-order valence-corrected chi connectivity index (χ2v) is 15.9. The first-order valence-electron chi connectivity index (χ1n) is 19.6. The third kappa shape index (κ3) is 5.27. The highest BCUT2D eigenvalue weighted by atomic mass is 32.1. The number of benzene rings is 9. The van der Waals surface area contributed by atoms with E-state index < -0.39 is 0 Å². The zero-order valence-corrected chi connectivity index (χ0v) is 32.0. The largest absolute Gasteiger partial charge is 0.456 e. The first kappa shape index (κ1) is 32.8. The molecule has 0 spiro atoms. The van der Waals surface area contributed by atoms with Gasteiger partial charge in [0.25, 0.3) is 0 Å². The predicted octanol–water partition coefficient (Wildman–Crippen LogP) is 16.3. The van der Waals surface area contributed by atoms with E-state index in [2.05, 4.69) is 181 Å². The van der Waals surface area contributed by atoms with Gasteiger partial charge in [0.15, 0.2) is 0 Å². The van der Waals surface area contributed by atoms with Gasteiger partial charge >= 0.3 is 0 Å². The summed E-state index contributed by atoms with van der Waals surface area (Å²) in [6, 6.07) is 71.5. The average Bonchev–Trinajstić information content (AvgIpc) is 3.97. The molecule has 4 heteroatoms. The van der Waals surface area contributed by atoms with Crippen molar-refractivity contribution in [3.05, 3.63) is 200 Å². The van der Waals surface area contributed by atoms with Crippen LogP contribution in [-0.2, 0) is 0 Å². The van der Waals surface area contributed by atoms with Crippen LogP contribution < -0.4 is 4.90 Å². The molecular weight excluding hydrogens is 727 g/mol. The molecule has 0 bridgehead atoms. The van der Waals surface area contributed by atoms with Crippen LogP contribution in [0, 0.1) is 0 Å². The molecule has 0 saturated heterocycles. The topological polar surface area (TPSA) is 29.5 Å². The molecule has 0 aliphatic carbocycles. The minimum absolute atomic E-state index is 0.851. The molecule has 272 valence electrons. The SMILES string of the molecule is c1ccc(-c2ccccc2-c2ccc3c(c2)sc2ccccc23)c(-c2ccc(N(c3ccc4c(c3)oc3ccccc34)c3ccc4c(c3)oc3ccccc34)cc2)c1. The maximum atomic E-state index is 6.39. The fourth-order valence-corrected chi connectivity index (χ4v) is 9.92. The number of fused-ring (bicyclic) bond motifs is 9. The molecule has 0 amide bonds. The summed E-state index contributed by atoms with van der Waals surface area (Å²) in [6.45, 7) is 0. The summed E-state index contributed by atoms with van der Waals surface area (Å²) in [5, 5.41) is 7.06. The van der Waals surface area contributed by atoms with Crippen LogP contribution in [0.4, 0.5) is 17.1 Å². The van der Waals surface area contributed by atoms with Crippen LogP contribution in [0.5, 0.6) is 0 Å². The average molecular weight is 760 g/mol. The molecule has 9 aromatic carbocycles. The van der Waals surface area contributed by atoms with Gasteiger partial charge in [-0.3, -0.25) is 0 Å². The lowest BCUT2D eigenvalue weighted by Crippen LogP contribution is -2.09. The highest BCUT2D eigenvalue weighted by molar-refractivity contribution is 7.25. The monoisotopic (exact) mass is 759 g/mol. The summed E-state index contributed by atoms with van der Waals surface area (Å²) >= 11 is 1.86. The minimum Gasteiger partial charge on any atom is -0.456 e. The Labute approximate surface area is 338 Å². The summed E-state index contributed by atoms with van der Waals surface area (Å²) in [6.07, 6.45) is 0. The standard InChI is InChI=1S/C54H33NO2S/c1-3-13-41(42-14-4-2-12-40(42)35-23-28-48-47-17-7-10-20-53(47)58-54(48)31-35)39(11-1)34-21-24-36(25-22-34)55(37-26-29-45-43-15-5-8-18-49(43)56-51(45)32-37)38-27-30-46-44-16-6-9-19-50(44)57-52(46)33-38/h1-33H. The van der Waals surface area contributed by atoms with E-state index in [4.69, 9.17) is 8.83 Å². The number of rotatable bonds is 6. The maximum absolute atomic E-state index is 6.39. The molecule has 12 rings (SSSR count). The molecule has 58 heavy (non-hydrogen) atoms. The molecule has 0 N–H and O–H groups in total. The number of furan rings is 2. The molecular formula is C54H33NO2S. The Kier molecular flexibility index (Phi) is 7.40. The normalized spacial score (nSPS) is 11.8. The second kappa shape index (κ2) is 13.1. The lowest BCUT2D eigenvalue weighted by Gasteiger charge is -2.26. The van der Waals surface area contributed by atoms with Gasteiger partial charge in [0, 0.05) is 70.9 Å². The molecule has 0 aliphatic rings. The zero-order valence-electron chi connectivity index (χ0n) is 31.2. The summed E-state index contributed by atoms with van der Waals surface area (Å²) < 4.78 is 15.4. The highest BCUT2D eigenvalue weighted by Gasteiger charge is 2.19. The van der Waals surface area contributed by atoms with E-state index >= 15 is 0 Å². The van der Waals surface area contributed by atoms with E-state index in [1.807, 2.05) is 35.6 Å². The minimum atomic E-state index is 0.851. The van der Waals surface area contributed by atoms with E-state index in [-0.39, 0.29) is 0 Å². The van der Waals surface area contributed by atoms with Crippen molar-refractivity contribution in [1.82, 2.24) is 0 Å². The van der Waals surface area contributed by atoms with Gasteiger partial charge < -0.3 is 13.7 Å². The summed E-state index contributed by atoms with van der Waals surface area (Å²) in [4.78, 5) is 2.29. The van der Waals surface area contributed by atoms with E-state index in [1.54, 1.807) is 0 Å². The van der Waals surface area contributed by atoms with E-state index in [0.717, 1.165) is 66.5 Å². The molecule has 0 radical (unpaired) electrons. The van der Waals surface area contributed by atoms with Crippen molar-refractivity contribution in [1.29, 1.82) is 0 Å². The van der Waals surface area contributed by atoms with E-state index in [1.165, 1.54) is 48.0 Å². The van der Waals surface area contributed by atoms with Gasteiger partial charge in [0.2, 0.25) is 0 Å². The Balaban J connectivity index is 0.966. The molecule has 12 aromatic rings. The van der Waals surface area contributed by atoms with Gasteiger partial charge in [0.05, 0.1) is 0 Å². The third-order valence-corrected chi connectivity index (χ3v) is 12.6. The quantitative estimate of drug-likeness (QED) is 0.169.